The van der Waals surface area contributed by atoms with Crippen LogP contribution in [0.2, 0.25) is 0 Å². The van der Waals surface area contributed by atoms with E-state index in [-0.39, 0.29) is 24.1 Å². The standard InChI is InChI=1S/C25H25FN4O3/c1-16(2)21-9-7-17(3)11-23(21)32-14-20-8-10-22(33-20)24(31)28-25-27-15-30(29-25)13-18-5-4-6-19(26)12-18/h4-12,15-16H,13-14H2,1-3H3,(H,28,29,31). The number of hydrogen-bond donors (Lipinski definition) is 1. The predicted molar refractivity (Wildman–Crippen MR) is 122 cm³/mol. The maximum absolute atomic E-state index is 13.3. The van der Waals surface area contributed by atoms with E-state index in [0.717, 1.165) is 22.4 Å². The number of rotatable bonds is 8. The third-order valence-corrected chi connectivity index (χ3v) is 5.04. The van der Waals surface area contributed by atoms with Crippen LogP contribution in [0.15, 0.2) is 65.3 Å². The number of aromatic nitrogens is 3. The third-order valence-electron chi connectivity index (χ3n) is 5.04. The van der Waals surface area contributed by atoms with Crippen LogP contribution in [0.3, 0.4) is 0 Å². The van der Waals surface area contributed by atoms with E-state index in [9.17, 15) is 9.18 Å². The summed E-state index contributed by atoms with van der Waals surface area (Å²) < 4.78 is 26.5. The Morgan fingerprint density at radius 3 is 2.82 bits per heavy atom. The fourth-order valence-corrected chi connectivity index (χ4v) is 3.38. The maximum Gasteiger partial charge on any atom is 0.293 e. The van der Waals surface area contributed by atoms with Crippen molar-refractivity contribution >= 4 is 11.9 Å². The van der Waals surface area contributed by atoms with Gasteiger partial charge in [0.25, 0.3) is 5.91 Å². The fourth-order valence-electron chi connectivity index (χ4n) is 3.38. The number of furan rings is 1. The molecule has 7 nitrogen and oxygen atoms in total. The Kier molecular flexibility index (Phi) is 6.53. The van der Waals surface area contributed by atoms with E-state index >= 15 is 0 Å². The van der Waals surface area contributed by atoms with Gasteiger partial charge in [-0.05, 0) is 59.9 Å². The molecule has 0 aliphatic carbocycles. The van der Waals surface area contributed by atoms with Gasteiger partial charge in [-0.2, -0.15) is 0 Å². The Bertz CT molecular complexity index is 1260. The molecule has 8 heteroatoms. The van der Waals surface area contributed by atoms with Gasteiger partial charge in [0.1, 0.15) is 30.3 Å². The second-order valence-electron chi connectivity index (χ2n) is 8.10. The smallest absolute Gasteiger partial charge is 0.293 e. The molecule has 1 N–H and O–H groups in total. The van der Waals surface area contributed by atoms with Crippen LogP contribution in [0, 0.1) is 12.7 Å². The second kappa shape index (κ2) is 9.68. The number of halogens is 1. The Morgan fingerprint density at radius 1 is 1.18 bits per heavy atom. The number of nitrogens with zero attached hydrogens (tertiary/aromatic N) is 3. The average molecular weight is 448 g/mol. The molecule has 4 rings (SSSR count). The van der Waals surface area contributed by atoms with Crippen molar-refractivity contribution in [2.24, 2.45) is 0 Å². The van der Waals surface area contributed by atoms with Crippen LogP contribution in [0.1, 0.15) is 52.8 Å². The van der Waals surface area contributed by atoms with Gasteiger partial charge in [-0.1, -0.05) is 38.1 Å². The zero-order chi connectivity index (χ0) is 23.4. The number of nitrogens with one attached hydrogen (secondary N) is 1. The lowest BCUT2D eigenvalue weighted by Crippen LogP contribution is -2.12. The first-order valence-electron chi connectivity index (χ1n) is 10.6. The highest BCUT2D eigenvalue weighted by Gasteiger charge is 2.15. The van der Waals surface area contributed by atoms with Crippen molar-refractivity contribution in [3.63, 3.8) is 0 Å². The number of anilines is 1. The van der Waals surface area contributed by atoms with Gasteiger partial charge in [-0.3, -0.25) is 10.1 Å². The minimum atomic E-state index is -0.469. The van der Waals surface area contributed by atoms with E-state index in [0.29, 0.717) is 18.2 Å². The monoisotopic (exact) mass is 448 g/mol. The zero-order valence-corrected chi connectivity index (χ0v) is 18.7. The van der Waals surface area contributed by atoms with Crippen LogP contribution in [0.4, 0.5) is 10.3 Å². The van der Waals surface area contributed by atoms with Crippen molar-refractivity contribution in [3.05, 3.63) is 95.0 Å². The molecule has 0 atom stereocenters. The molecule has 2 aromatic heterocycles. The van der Waals surface area contributed by atoms with Gasteiger partial charge in [-0.25, -0.2) is 14.1 Å². The Balaban J connectivity index is 1.36. The summed E-state index contributed by atoms with van der Waals surface area (Å²) in [5, 5.41) is 6.81. The molecule has 0 saturated heterocycles. The first-order valence-corrected chi connectivity index (χ1v) is 10.6. The van der Waals surface area contributed by atoms with Gasteiger partial charge in [0.2, 0.25) is 5.95 Å². The van der Waals surface area contributed by atoms with Gasteiger partial charge in [0.05, 0.1) is 6.54 Å². The summed E-state index contributed by atoms with van der Waals surface area (Å²) in [6.07, 6.45) is 1.47. The number of aryl methyl sites for hydroxylation is 1. The number of carbonyl (C=O) groups excluding carboxylic acids is 1. The normalized spacial score (nSPS) is 11.1. The van der Waals surface area contributed by atoms with Crippen LogP contribution >= 0.6 is 0 Å². The summed E-state index contributed by atoms with van der Waals surface area (Å²) in [7, 11) is 0. The summed E-state index contributed by atoms with van der Waals surface area (Å²) >= 11 is 0. The molecule has 1 amide bonds. The van der Waals surface area contributed by atoms with Crippen molar-refractivity contribution in [2.45, 2.75) is 39.8 Å². The lowest BCUT2D eigenvalue weighted by Gasteiger charge is -2.14. The van der Waals surface area contributed by atoms with Crippen LogP contribution < -0.4 is 10.1 Å². The molecular formula is C25H25FN4O3. The van der Waals surface area contributed by atoms with Crippen molar-refractivity contribution in [3.8, 4) is 5.75 Å². The van der Waals surface area contributed by atoms with E-state index in [1.165, 1.54) is 23.1 Å². The van der Waals surface area contributed by atoms with Gasteiger partial charge in [0.15, 0.2) is 5.76 Å². The number of hydrogen-bond acceptors (Lipinski definition) is 5. The molecule has 2 heterocycles. The molecule has 0 saturated carbocycles. The van der Waals surface area contributed by atoms with E-state index in [4.69, 9.17) is 9.15 Å². The minimum absolute atomic E-state index is 0.128. The summed E-state index contributed by atoms with van der Waals surface area (Å²) in [6.45, 7) is 6.78. The molecule has 0 spiro atoms. The van der Waals surface area contributed by atoms with Crippen LogP contribution in [-0.2, 0) is 13.2 Å². The van der Waals surface area contributed by atoms with Crippen LogP contribution in [0.25, 0.3) is 0 Å². The van der Waals surface area contributed by atoms with Crippen molar-refractivity contribution in [2.75, 3.05) is 5.32 Å². The first kappa shape index (κ1) is 22.3. The molecular weight excluding hydrogens is 423 g/mol. The topological polar surface area (TPSA) is 82.2 Å². The molecule has 2 aromatic carbocycles. The summed E-state index contributed by atoms with van der Waals surface area (Å²) in [5.74, 6) is 1.13. The quantitative estimate of drug-likeness (QED) is 0.394. The largest absolute Gasteiger partial charge is 0.485 e. The Labute approximate surface area is 191 Å². The average Bonchev–Trinajstić information content (AvgIpc) is 3.42. The molecule has 0 aliphatic heterocycles. The van der Waals surface area contributed by atoms with Crippen LogP contribution in [0.5, 0.6) is 5.75 Å². The minimum Gasteiger partial charge on any atom is -0.485 e. The Morgan fingerprint density at radius 2 is 2.03 bits per heavy atom. The molecule has 0 bridgehead atoms. The van der Waals surface area contributed by atoms with Gasteiger partial charge in [-0.15, -0.1) is 5.10 Å². The SMILES string of the molecule is Cc1ccc(C(C)C)c(OCc2ccc(C(=O)Nc3ncn(Cc4cccc(F)c4)n3)o2)c1. The van der Waals surface area contributed by atoms with Gasteiger partial charge >= 0.3 is 0 Å². The van der Waals surface area contributed by atoms with E-state index in [2.05, 4.69) is 41.4 Å². The third kappa shape index (κ3) is 5.65. The fraction of sp³-hybridized carbons (Fsp3) is 0.240. The molecule has 170 valence electrons. The first-order chi connectivity index (χ1) is 15.9. The maximum atomic E-state index is 13.3. The van der Waals surface area contributed by atoms with Gasteiger partial charge in [0, 0.05) is 0 Å². The molecule has 0 fully saturated rings. The second-order valence-corrected chi connectivity index (χ2v) is 8.10. The molecule has 33 heavy (non-hydrogen) atoms. The van der Waals surface area contributed by atoms with Crippen molar-refractivity contribution in [1.29, 1.82) is 0 Å². The molecule has 0 radical (unpaired) electrons. The van der Waals surface area contributed by atoms with E-state index < -0.39 is 5.91 Å². The number of carbonyl (C=O) groups is 1. The van der Waals surface area contributed by atoms with E-state index in [1.54, 1.807) is 24.3 Å². The molecule has 4 aromatic rings. The summed E-state index contributed by atoms with van der Waals surface area (Å²) in [4.78, 5) is 16.6. The lowest BCUT2D eigenvalue weighted by molar-refractivity contribution is 0.0991. The number of benzene rings is 2. The zero-order valence-electron chi connectivity index (χ0n) is 18.7. The van der Waals surface area contributed by atoms with E-state index in [1.807, 2.05) is 13.0 Å². The van der Waals surface area contributed by atoms with Crippen LogP contribution in [-0.4, -0.2) is 20.7 Å². The van der Waals surface area contributed by atoms with Crippen molar-refractivity contribution in [1.82, 2.24) is 14.8 Å². The predicted octanol–water partition coefficient (Wildman–Crippen LogP) is 5.32. The van der Waals surface area contributed by atoms with Crippen molar-refractivity contribution < 1.29 is 18.3 Å². The van der Waals surface area contributed by atoms with Gasteiger partial charge < -0.3 is 9.15 Å². The molecule has 0 unspecified atom stereocenters. The Hall–Kier alpha value is -3.94. The summed E-state index contributed by atoms with van der Waals surface area (Å²) in [6, 6.07) is 15.6. The highest BCUT2D eigenvalue weighted by atomic mass is 19.1. The lowest BCUT2D eigenvalue weighted by atomic mass is 10.0. The highest BCUT2D eigenvalue weighted by Crippen LogP contribution is 2.28. The highest BCUT2D eigenvalue weighted by molar-refractivity contribution is 6.01. The number of amides is 1. The number of ether oxygens (including phenoxy) is 1. The molecule has 0 aliphatic rings. The summed E-state index contributed by atoms with van der Waals surface area (Å²) in [5.41, 5.74) is 2.96.